The molecule has 1 aliphatic carbocycles. The summed E-state index contributed by atoms with van der Waals surface area (Å²) in [4.78, 5) is 2.55. The Kier molecular flexibility index (Phi) is 5.77. The zero-order valence-electron chi connectivity index (χ0n) is 13.8. The SMILES string of the molecule is CNC(c1ccccc1F)C(C)CN(CC1CC1)C(C)C. The zero-order chi connectivity index (χ0) is 15.4. The maximum atomic E-state index is 14.0. The molecular formula is C18H29FN2. The monoisotopic (exact) mass is 292 g/mol. The van der Waals surface area contributed by atoms with Crippen molar-refractivity contribution in [3.63, 3.8) is 0 Å². The van der Waals surface area contributed by atoms with Crippen LogP contribution in [0.1, 0.15) is 45.2 Å². The Morgan fingerprint density at radius 1 is 1.24 bits per heavy atom. The van der Waals surface area contributed by atoms with Crippen LogP contribution in [0.2, 0.25) is 0 Å². The van der Waals surface area contributed by atoms with Gasteiger partial charge in [-0.3, -0.25) is 0 Å². The van der Waals surface area contributed by atoms with Crippen LogP contribution in [0.4, 0.5) is 4.39 Å². The van der Waals surface area contributed by atoms with Crippen LogP contribution in [0.3, 0.4) is 0 Å². The standard InChI is InChI=1S/C18H29FN2/c1-13(2)21(12-15-9-10-15)11-14(3)18(20-4)16-7-5-6-8-17(16)19/h5-8,13-15,18,20H,9-12H2,1-4H3. The molecule has 2 rings (SSSR count). The Labute approximate surface area is 128 Å². The van der Waals surface area contributed by atoms with Gasteiger partial charge in [-0.1, -0.05) is 25.1 Å². The van der Waals surface area contributed by atoms with Crippen molar-refractivity contribution in [2.45, 2.75) is 45.7 Å². The highest BCUT2D eigenvalue weighted by Gasteiger charge is 2.28. The van der Waals surface area contributed by atoms with Crippen molar-refractivity contribution >= 4 is 0 Å². The molecule has 0 aliphatic heterocycles. The van der Waals surface area contributed by atoms with E-state index in [4.69, 9.17) is 0 Å². The van der Waals surface area contributed by atoms with Gasteiger partial charge in [-0.15, -0.1) is 0 Å². The second-order valence-electron chi connectivity index (χ2n) is 6.76. The minimum absolute atomic E-state index is 0.0617. The molecule has 1 N–H and O–H groups in total. The summed E-state index contributed by atoms with van der Waals surface area (Å²) >= 11 is 0. The van der Waals surface area contributed by atoms with Crippen molar-refractivity contribution < 1.29 is 4.39 Å². The summed E-state index contributed by atoms with van der Waals surface area (Å²) in [6.07, 6.45) is 2.75. The molecule has 3 heteroatoms. The molecule has 1 aliphatic rings. The van der Waals surface area contributed by atoms with Gasteiger partial charge in [0.1, 0.15) is 5.82 Å². The van der Waals surface area contributed by atoms with E-state index in [1.54, 1.807) is 12.1 Å². The minimum atomic E-state index is -0.109. The van der Waals surface area contributed by atoms with Crippen molar-refractivity contribution in [1.29, 1.82) is 0 Å². The van der Waals surface area contributed by atoms with E-state index >= 15 is 0 Å². The molecule has 0 aromatic heterocycles. The predicted octanol–water partition coefficient (Wildman–Crippen LogP) is 3.84. The number of nitrogens with one attached hydrogen (secondary N) is 1. The number of benzene rings is 1. The second-order valence-corrected chi connectivity index (χ2v) is 6.76. The fourth-order valence-corrected chi connectivity index (χ4v) is 3.08. The van der Waals surface area contributed by atoms with E-state index in [9.17, 15) is 4.39 Å². The molecular weight excluding hydrogens is 263 g/mol. The molecule has 0 spiro atoms. The van der Waals surface area contributed by atoms with E-state index in [1.165, 1.54) is 19.4 Å². The smallest absolute Gasteiger partial charge is 0.127 e. The van der Waals surface area contributed by atoms with Crippen LogP contribution >= 0.6 is 0 Å². The highest BCUT2D eigenvalue weighted by molar-refractivity contribution is 5.21. The maximum Gasteiger partial charge on any atom is 0.127 e. The van der Waals surface area contributed by atoms with Gasteiger partial charge < -0.3 is 10.2 Å². The molecule has 21 heavy (non-hydrogen) atoms. The third-order valence-corrected chi connectivity index (χ3v) is 4.56. The van der Waals surface area contributed by atoms with Crippen LogP contribution in [0.25, 0.3) is 0 Å². The van der Waals surface area contributed by atoms with Gasteiger partial charge in [-0.2, -0.15) is 0 Å². The van der Waals surface area contributed by atoms with Gasteiger partial charge in [0.05, 0.1) is 0 Å². The Morgan fingerprint density at radius 2 is 1.90 bits per heavy atom. The summed E-state index contributed by atoms with van der Waals surface area (Å²) in [5.41, 5.74) is 0.780. The van der Waals surface area contributed by atoms with E-state index in [1.807, 2.05) is 19.2 Å². The first-order chi connectivity index (χ1) is 10.0. The van der Waals surface area contributed by atoms with Gasteiger partial charge in [0.15, 0.2) is 0 Å². The highest BCUT2D eigenvalue weighted by Crippen LogP contribution is 2.32. The predicted molar refractivity (Wildman–Crippen MR) is 86.8 cm³/mol. The molecule has 0 radical (unpaired) electrons. The lowest BCUT2D eigenvalue weighted by Gasteiger charge is -2.33. The lowest BCUT2D eigenvalue weighted by atomic mass is 9.93. The maximum absolute atomic E-state index is 14.0. The summed E-state index contributed by atoms with van der Waals surface area (Å²) in [6, 6.07) is 7.73. The molecule has 1 aromatic carbocycles. The van der Waals surface area contributed by atoms with Crippen LogP contribution in [-0.4, -0.2) is 31.1 Å². The number of halogens is 1. The third kappa shape index (κ3) is 4.52. The topological polar surface area (TPSA) is 15.3 Å². The number of hydrogen-bond donors (Lipinski definition) is 1. The quantitative estimate of drug-likeness (QED) is 0.783. The van der Waals surface area contributed by atoms with E-state index in [-0.39, 0.29) is 11.9 Å². The molecule has 2 atom stereocenters. The minimum Gasteiger partial charge on any atom is -0.313 e. The Balaban J connectivity index is 2.04. The first-order valence-corrected chi connectivity index (χ1v) is 8.18. The summed E-state index contributed by atoms with van der Waals surface area (Å²) < 4.78 is 14.0. The average molecular weight is 292 g/mol. The van der Waals surface area contributed by atoms with Crippen LogP contribution in [0.5, 0.6) is 0 Å². The number of hydrogen-bond acceptors (Lipinski definition) is 2. The molecule has 0 heterocycles. The lowest BCUT2D eigenvalue weighted by molar-refractivity contribution is 0.167. The van der Waals surface area contributed by atoms with Crippen LogP contribution in [0.15, 0.2) is 24.3 Å². The normalized spacial score (nSPS) is 18.2. The molecule has 2 nitrogen and oxygen atoms in total. The van der Waals surface area contributed by atoms with Crippen molar-refractivity contribution in [1.82, 2.24) is 10.2 Å². The summed E-state index contributed by atoms with van der Waals surface area (Å²) in [7, 11) is 1.92. The summed E-state index contributed by atoms with van der Waals surface area (Å²) in [5.74, 6) is 1.15. The van der Waals surface area contributed by atoms with Gasteiger partial charge in [0.2, 0.25) is 0 Å². The molecule has 118 valence electrons. The van der Waals surface area contributed by atoms with Crippen molar-refractivity contribution in [3.8, 4) is 0 Å². The Morgan fingerprint density at radius 3 is 2.43 bits per heavy atom. The van der Waals surface area contributed by atoms with E-state index in [0.29, 0.717) is 12.0 Å². The third-order valence-electron chi connectivity index (χ3n) is 4.56. The van der Waals surface area contributed by atoms with Crippen molar-refractivity contribution in [2.75, 3.05) is 20.1 Å². The van der Waals surface area contributed by atoms with Crippen LogP contribution < -0.4 is 5.32 Å². The number of rotatable bonds is 8. The van der Waals surface area contributed by atoms with Crippen LogP contribution in [0, 0.1) is 17.7 Å². The second kappa shape index (κ2) is 7.37. The van der Waals surface area contributed by atoms with E-state index < -0.39 is 0 Å². The molecule has 1 aromatic rings. The van der Waals surface area contributed by atoms with Gasteiger partial charge >= 0.3 is 0 Å². The van der Waals surface area contributed by atoms with E-state index in [0.717, 1.165) is 18.0 Å². The number of nitrogens with zero attached hydrogens (tertiary/aromatic N) is 1. The van der Waals surface area contributed by atoms with Gasteiger partial charge in [-0.05, 0) is 51.6 Å². The first kappa shape index (κ1) is 16.4. The molecule has 0 amide bonds. The molecule has 0 saturated heterocycles. The lowest BCUT2D eigenvalue weighted by Crippen LogP contribution is -2.40. The fourth-order valence-electron chi connectivity index (χ4n) is 3.08. The van der Waals surface area contributed by atoms with Gasteiger partial charge in [0.25, 0.3) is 0 Å². The Bertz CT molecular complexity index is 443. The first-order valence-electron chi connectivity index (χ1n) is 8.18. The zero-order valence-corrected chi connectivity index (χ0v) is 13.8. The molecule has 1 fully saturated rings. The highest BCUT2D eigenvalue weighted by atomic mass is 19.1. The average Bonchev–Trinajstić information content (AvgIpc) is 3.25. The van der Waals surface area contributed by atoms with Gasteiger partial charge in [-0.25, -0.2) is 4.39 Å². The fraction of sp³-hybridized carbons (Fsp3) is 0.667. The Hall–Kier alpha value is -0.930. The van der Waals surface area contributed by atoms with Gasteiger partial charge in [0, 0.05) is 30.7 Å². The molecule has 1 saturated carbocycles. The largest absolute Gasteiger partial charge is 0.313 e. The molecule has 0 bridgehead atoms. The van der Waals surface area contributed by atoms with Crippen molar-refractivity contribution in [2.24, 2.45) is 11.8 Å². The molecule has 2 unspecified atom stereocenters. The van der Waals surface area contributed by atoms with Crippen molar-refractivity contribution in [3.05, 3.63) is 35.6 Å². The summed E-state index contributed by atoms with van der Waals surface area (Å²) in [6.45, 7) is 8.93. The van der Waals surface area contributed by atoms with Crippen LogP contribution in [-0.2, 0) is 0 Å². The van der Waals surface area contributed by atoms with E-state index in [2.05, 4.69) is 31.0 Å². The summed E-state index contributed by atoms with van der Waals surface area (Å²) in [5, 5.41) is 3.31.